The summed E-state index contributed by atoms with van der Waals surface area (Å²) in [7, 11) is 0. The van der Waals surface area contributed by atoms with Crippen LogP contribution in [-0.2, 0) is 6.18 Å². The van der Waals surface area contributed by atoms with Gasteiger partial charge in [0.15, 0.2) is 5.82 Å². The van der Waals surface area contributed by atoms with Crippen LogP contribution in [0, 0.1) is 6.92 Å². The van der Waals surface area contributed by atoms with Crippen molar-refractivity contribution in [2.75, 3.05) is 0 Å². The maximum absolute atomic E-state index is 14.3. The molecule has 0 aliphatic heterocycles. The molecule has 3 heterocycles. The van der Waals surface area contributed by atoms with Crippen molar-refractivity contribution in [3.8, 4) is 67.5 Å². The number of nitrogens with zero attached hydrogens (tertiary/aromatic N) is 4. The number of hydrogen-bond acceptors (Lipinski definition) is 2. The van der Waals surface area contributed by atoms with Crippen molar-refractivity contribution in [3.63, 3.8) is 0 Å². The predicted molar refractivity (Wildman–Crippen MR) is 268 cm³/mol. The van der Waals surface area contributed by atoms with Gasteiger partial charge in [-0.25, -0.2) is 9.97 Å². The van der Waals surface area contributed by atoms with Gasteiger partial charge in [0.25, 0.3) is 0 Å². The summed E-state index contributed by atoms with van der Waals surface area (Å²) < 4.78 is 47.5. The smallest absolute Gasteiger partial charge is 0.309 e. The van der Waals surface area contributed by atoms with Crippen molar-refractivity contribution in [2.24, 2.45) is 0 Å². The predicted octanol–water partition coefficient (Wildman–Crippen LogP) is 16.3. The number of aromatic nitrogens is 4. The second kappa shape index (κ2) is 15.9. The number of para-hydroxylation sites is 3. The summed E-state index contributed by atoms with van der Waals surface area (Å²) in [5.74, 6) is 0.490. The minimum Gasteiger partial charge on any atom is -0.309 e. The molecular formula is C60H39F3N4. The average molecular weight is 873 g/mol. The fourth-order valence-corrected chi connectivity index (χ4v) is 9.70. The molecule has 12 rings (SSSR count). The molecule has 7 heteroatoms. The van der Waals surface area contributed by atoms with E-state index in [0.29, 0.717) is 11.4 Å². The van der Waals surface area contributed by atoms with E-state index in [9.17, 15) is 13.2 Å². The molecule has 0 aliphatic rings. The molecule has 12 aromatic rings. The minimum atomic E-state index is -4.51. The van der Waals surface area contributed by atoms with Crippen molar-refractivity contribution in [1.29, 1.82) is 0 Å². The van der Waals surface area contributed by atoms with Gasteiger partial charge in [0.05, 0.1) is 44.7 Å². The number of fused-ring (bicyclic) bond motifs is 7. The summed E-state index contributed by atoms with van der Waals surface area (Å²) in [4.78, 5) is 10.5. The normalized spacial score (nSPS) is 11.9. The number of rotatable bonds is 7. The quantitative estimate of drug-likeness (QED) is 0.160. The van der Waals surface area contributed by atoms with Crippen LogP contribution in [0.1, 0.15) is 11.1 Å². The second-order valence-electron chi connectivity index (χ2n) is 17.0. The van der Waals surface area contributed by atoms with E-state index in [4.69, 9.17) is 9.97 Å². The third-order valence-corrected chi connectivity index (χ3v) is 12.8. The first kappa shape index (κ1) is 40.0. The highest BCUT2D eigenvalue weighted by molar-refractivity contribution is 6.26. The number of benzene rings is 9. The van der Waals surface area contributed by atoms with Crippen molar-refractivity contribution >= 4 is 43.6 Å². The standard InChI is InChI=1S/C60H39F3N4/c1-38-25-27-39(28-26-38)49-35-43(59-64-51(41-15-5-2-6-16-41)37-52(65-59)42-17-7-3-8-18-42)36-50(40-29-31-44(32-30-40)60(61,62)63)57(49)67-54-24-14-12-22-48(54)56-55(67)34-33-47-46-21-11-13-23-53(46)66(58(47)56)45-19-9-4-10-20-45/h2-37H,1H3. The Hall–Kier alpha value is -8.55. The third-order valence-electron chi connectivity index (χ3n) is 12.8. The van der Waals surface area contributed by atoms with Gasteiger partial charge in [-0.05, 0) is 78.7 Å². The van der Waals surface area contributed by atoms with Gasteiger partial charge in [-0.2, -0.15) is 13.2 Å². The lowest BCUT2D eigenvalue weighted by Crippen LogP contribution is -2.05. The Morgan fingerprint density at radius 3 is 1.49 bits per heavy atom. The van der Waals surface area contributed by atoms with Crippen molar-refractivity contribution in [1.82, 2.24) is 19.1 Å². The topological polar surface area (TPSA) is 35.6 Å². The zero-order valence-electron chi connectivity index (χ0n) is 36.2. The number of hydrogen-bond donors (Lipinski definition) is 0. The molecule has 0 saturated carbocycles. The summed E-state index contributed by atoms with van der Waals surface area (Å²) in [6, 6.07) is 72.0. The molecule has 0 fully saturated rings. The first-order valence-corrected chi connectivity index (χ1v) is 22.2. The fourth-order valence-electron chi connectivity index (χ4n) is 9.70. The molecule has 0 atom stereocenters. The van der Waals surface area contributed by atoms with Gasteiger partial charge in [-0.3, -0.25) is 0 Å². The molecule has 67 heavy (non-hydrogen) atoms. The molecule has 0 spiro atoms. The lowest BCUT2D eigenvalue weighted by Gasteiger charge is -2.21. The van der Waals surface area contributed by atoms with Crippen LogP contribution in [0.3, 0.4) is 0 Å². The summed E-state index contributed by atoms with van der Waals surface area (Å²) >= 11 is 0. The second-order valence-corrected chi connectivity index (χ2v) is 17.0. The van der Waals surface area contributed by atoms with Crippen LogP contribution >= 0.6 is 0 Å². The first-order valence-electron chi connectivity index (χ1n) is 22.2. The van der Waals surface area contributed by atoms with Gasteiger partial charge in [-0.15, -0.1) is 0 Å². The number of alkyl halides is 3. The van der Waals surface area contributed by atoms with Crippen LogP contribution in [0.5, 0.6) is 0 Å². The van der Waals surface area contributed by atoms with Crippen LogP contribution in [0.15, 0.2) is 218 Å². The highest BCUT2D eigenvalue weighted by Crippen LogP contribution is 2.47. The summed E-state index contributed by atoms with van der Waals surface area (Å²) in [6.07, 6.45) is -4.51. The van der Waals surface area contributed by atoms with E-state index in [1.54, 1.807) is 12.1 Å². The molecule has 0 radical (unpaired) electrons. The van der Waals surface area contributed by atoms with Gasteiger partial charge in [0.2, 0.25) is 0 Å². The van der Waals surface area contributed by atoms with Crippen molar-refractivity contribution < 1.29 is 13.2 Å². The molecule has 0 amide bonds. The largest absolute Gasteiger partial charge is 0.416 e. The summed E-state index contributed by atoms with van der Waals surface area (Å²) in [5.41, 5.74) is 13.6. The summed E-state index contributed by atoms with van der Waals surface area (Å²) in [5, 5.41) is 4.38. The monoisotopic (exact) mass is 872 g/mol. The molecule has 0 N–H and O–H groups in total. The molecule has 0 unspecified atom stereocenters. The molecule has 3 aromatic heterocycles. The van der Waals surface area contributed by atoms with Gasteiger partial charge >= 0.3 is 6.18 Å². The molecule has 9 aromatic carbocycles. The molecule has 320 valence electrons. The Kier molecular flexibility index (Phi) is 9.47. The van der Waals surface area contributed by atoms with Gasteiger partial charge in [0, 0.05) is 55.0 Å². The van der Waals surface area contributed by atoms with Crippen LogP contribution in [0.25, 0.3) is 111 Å². The first-order chi connectivity index (χ1) is 32.8. The SMILES string of the molecule is Cc1ccc(-c2cc(-c3nc(-c4ccccc4)cc(-c4ccccc4)n3)cc(-c3ccc(C(F)(F)F)cc3)c2-n2c3ccccc3c3c2ccc2c4ccccc4n(-c4ccccc4)c23)cc1. The Morgan fingerprint density at radius 1 is 0.403 bits per heavy atom. The van der Waals surface area contributed by atoms with Gasteiger partial charge in [-0.1, -0.05) is 163 Å². The zero-order valence-corrected chi connectivity index (χ0v) is 36.2. The number of aryl methyl sites for hydroxylation is 1. The van der Waals surface area contributed by atoms with Crippen molar-refractivity contribution in [3.05, 3.63) is 230 Å². The average Bonchev–Trinajstić information content (AvgIpc) is 3.89. The Balaban J connectivity index is 1.23. The molecule has 0 aliphatic carbocycles. The van der Waals surface area contributed by atoms with Crippen LogP contribution in [0.4, 0.5) is 13.2 Å². The molecular weight excluding hydrogens is 834 g/mol. The third kappa shape index (κ3) is 6.86. The molecule has 0 saturated heterocycles. The van der Waals surface area contributed by atoms with Crippen LogP contribution in [0.2, 0.25) is 0 Å². The Morgan fingerprint density at radius 2 is 0.910 bits per heavy atom. The minimum absolute atomic E-state index is 0.490. The van der Waals surface area contributed by atoms with Gasteiger partial charge < -0.3 is 9.13 Å². The fraction of sp³-hybridized carbons (Fsp3) is 0.0333. The van der Waals surface area contributed by atoms with E-state index >= 15 is 0 Å². The van der Waals surface area contributed by atoms with E-state index in [2.05, 4.69) is 131 Å². The molecule has 4 nitrogen and oxygen atoms in total. The maximum Gasteiger partial charge on any atom is 0.416 e. The van der Waals surface area contributed by atoms with E-state index in [0.717, 1.165) is 105 Å². The maximum atomic E-state index is 14.3. The van der Waals surface area contributed by atoms with Crippen molar-refractivity contribution in [2.45, 2.75) is 13.1 Å². The summed E-state index contributed by atoms with van der Waals surface area (Å²) in [6.45, 7) is 2.06. The van der Waals surface area contributed by atoms with Crippen LogP contribution < -0.4 is 0 Å². The highest BCUT2D eigenvalue weighted by atomic mass is 19.4. The highest BCUT2D eigenvalue weighted by Gasteiger charge is 2.31. The lowest BCUT2D eigenvalue weighted by atomic mass is 9.91. The Labute approximate surface area is 384 Å². The van der Waals surface area contributed by atoms with Gasteiger partial charge in [0.1, 0.15) is 0 Å². The van der Waals surface area contributed by atoms with E-state index < -0.39 is 11.7 Å². The van der Waals surface area contributed by atoms with Crippen LogP contribution in [-0.4, -0.2) is 19.1 Å². The Bertz CT molecular complexity index is 3760. The molecule has 0 bridgehead atoms. The van der Waals surface area contributed by atoms with E-state index in [1.165, 1.54) is 12.1 Å². The number of halogens is 3. The van der Waals surface area contributed by atoms with E-state index in [1.807, 2.05) is 78.9 Å². The van der Waals surface area contributed by atoms with E-state index in [-0.39, 0.29) is 0 Å². The zero-order chi connectivity index (χ0) is 45.2. The lowest BCUT2D eigenvalue weighted by molar-refractivity contribution is -0.137.